The molecule has 1 amide bonds. The quantitative estimate of drug-likeness (QED) is 0.0727. The lowest BCUT2D eigenvalue weighted by Crippen LogP contribution is -2.25. The molecule has 6 N–H and O–H groups in total. The largest absolute Gasteiger partial charge is 0.508 e. The molecule has 0 aliphatic rings. The molecule has 0 heterocycles. The number of carbonyl (C=O) groups excluding carboxylic acids is 1. The number of rotatable bonds is 16. The zero-order chi connectivity index (χ0) is 25.5. The monoisotopic (exact) mass is 485 g/mol. The number of hydrogen-bond donors (Lipinski definition) is 5. The van der Waals surface area contributed by atoms with Crippen LogP contribution in [0.4, 0.5) is 0 Å². The van der Waals surface area contributed by atoms with Crippen LogP contribution in [0.3, 0.4) is 0 Å². The molecule has 8 nitrogen and oxygen atoms in total. The first-order valence-corrected chi connectivity index (χ1v) is 12.4. The van der Waals surface area contributed by atoms with E-state index < -0.39 is 0 Å². The maximum atomic E-state index is 12.2. The molecule has 35 heavy (non-hydrogen) atoms. The van der Waals surface area contributed by atoms with Gasteiger partial charge in [0.15, 0.2) is 5.84 Å². The summed E-state index contributed by atoms with van der Waals surface area (Å²) in [6.45, 7) is 2.96. The van der Waals surface area contributed by atoms with Crippen molar-refractivity contribution in [1.82, 2.24) is 5.32 Å². The maximum Gasteiger partial charge on any atom is 0.255 e. The van der Waals surface area contributed by atoms with Crippen molar-refractivity contribution in [3.8, 4) is 17.2 Å². The molecule has 0 fully saturated rings. The van der Waals surface area contributed by atoms with Crippen molar-refractivity contribution in [3.63, 3.8) is 0 Å². The predicted octanol–water partition coefficient (Wildman–Crippen LogP) is 5.21. The highest BCUT2D eigenvalue weighted by molar-refractivity contribution is 5.98. The van der Waals surface area contributed by atoms with Crippen LogP contribution in [0.1, 0.15) is 85.7 Å². The zero-order valence-electron chi connectivity index (χ0n) is 20.6. The molecule has 0 unspecified atom stereocenters. The smallest absolute Gasteiger partial charge is 0.255 e. The number of carbonyl (C=O) groups is 1. The van der Waals surface area contributed by atoms with Crippen molar-refractivity contribution < 1.29 is 25.0 Å². The number of amides is 1. The van der Waals surface area contributed by atoms with Gasteiger partial charge in [0.1, 0.15) is 17.2 Å². The van der Waals surface area contributed by atoms with E-state index in [1.54, 1.807) is 19.1 Å². The van der Waals surface area contributed by atoms with Crippen molar-refractivity contribution in [1.29, 1.82) is 0 Å². The summed E-state index contributed by atoms with van der Waals surface area (Å²) in [5.41, 5.74) is 6.98. The van der Waals surface area contributed by atoms with Crippen molar-refractivity contribution in [2.75, 3.05) is 13.2 Å². The van der Waals surface area contributed by atoms with Crippen LogP contribution in [0.15, 0.2) is 41.6 Å². The van der Waals surface area contributed by atoms with Crippen LogP contribution >= 0.6 is 0 Å². The van der Waals surface area contributed by atoms with Gasteiger partial charge in [-0.1, -0.05) is 56.5 Å². The number of nitrogens with two attached hydrogens (primary N) is 1. The predicted molar refractivity (Wildman–Crippen MR) is 137 cm³/mol. The Balaban J connectivity index is 1.40. The minimum Gasteiger partial charge on any atom is -0.508 e. The van der Waals surface area contributed by atoms with Crippen molar-refractivity contribution >= 4 is 11.7 Å². The summed E-state index contributed by atoms with van der Waals surface area (Å²) in [6.07, 6.45) is 11.4. The van der Waals surface area contributed by atoms with Gasteiger partial charge < -0.3 is 31.2 Å². The van der Waals surface area contributed by atoms with E-state index >= 15 is 0 Å². The summed E-state index contributed by atoms with van der Waals surface area (Å²) in [5.74, 6) is 0.322. The molecule has 2 aromatic rings. The molecule has 0 atom stereocenters. The van der Waals surface area contributed by atoms with Crippen LogP contribution < -0.4 is 15.8 Å². The van der Waals surface area contributed by atoms with Gasteiger partial charge in [0.25, 0.3) is 5.91 Å². The van der Waals surface area contributed by atoms with Gasteiger partial charge in [-0.2, -0.15) is 0 Å². The fraction of sp³-hybridized carbons (Fsp3) is 0.481. The number of benzene rings is 2. The average molecular weight is 486 g/mol. The molecule has 2 rings (SSSR count). The highest BCUT2D eigenvalue weighted by Gasteiger charge is 2.14. The number of amidine groups is 1. The summed E-state index contributed by atoms with van der Waals surface area (Å²) in [4.78, 5) is 12.2. The highest BCUT2D eigenvalue weighted by atomic mass is 16.5. The van der Waals surface area contributed by atoms with Crippen molar-refractivity contribution in [3.05, 3.63) is 53.1 Å². The van der Waals surface area contributed by atoms with Gasteiger partial charge in [-0.15, -0.1) is 0 Å². The second kappa shape index (κ2) is 15.5. The number of aryl methyl sites for hydroxylation is 1. The van der Waals surface area contributed by atoms with Gasteiger partial charge >= 0.3 is 0 Å². The number of nitrogens with zero attached hydrogens (tertiary/aromatic N) is 1. The Morgan fingerprint density at radius 1 is 0.914 bits per heavy atom. The minimum atomic E-state index is -0.304. The van der Waals surface area contributed by atoms with Crippen molar-refractivity contribution in [2.45, 2.75) is 71.1 Å². The second-order valence-electron chi connectivity index (χ2n) is 8.81. The Morgan fingerprint density at radius 2 is 1.49 bits per heavy atom. The maximum absolute atomic E-state index is 12.2. The number of ether oxygens (including phenoxy) is 1. The van der Waals surface area contributed by atoms with E-state index in [9.17, 15) is 15.0 Å². The molecule has 0 aliphatic carbocycles. The van der Waals surface area contributed by atoms with Gasteiger partial charge in [-0.25, -0.2) is 0 Å². The molecular formula is C27H39N3O5. The van der Waals surface area contributed by atoms with Crippen LogP contribution in [-0.4, -0.2) is 40.3 Å². The average Bonchev–Trinajstić information content (AvgIpc) is 2.83. The van der Waals surface area contributed by atoms with E-state index in [0.717, 1.165) is 37.9 Å². The Labute approximate surface area is 207 Å². The topological polar surface area (TPSA) is 137 Å². The van der Waals surface area contributed by atoms with Crippen LogP contribution in [0.25, 0.3) is 0 Å². The minimum absolute atomic E-state index is 0.0500. The third-order valence-corrected chi connectivity index (χ3v) is 5.91. The Bertz CT molecular complexity index is 921. The summed E-state index contributed by atoms with van der Waals surface area (Å²) in [6, 6.07) is 9.84. The van der Waals surface area contributed by atoms with Crippen LogP contribution in [0.2, 0.25) is 0 Å². The number of aromatic hydroxyl groups is 2. The van der Waals surface area contributed by atoms with E-state index in [4.69, 9.17) is 15.7 Å². The number of phenols is 2. The molecule has 192 valence electrons. The first kappa shape index (κ1) is 27.8. The summed E-state index contributed by atoms with van der Waals surface area (Å²) < 4.78 is 5.73. The van der Waals surface area contributed by atoms with Gasteiger partial charge in [0.2, 0.25) is 0 Å². The standard InChI is InChI=1S/C27H39N3O5/c1-20-18-22(31)19-24(32)25(20)27(33)29-16-10-8-6-4-2-3-5-7-9-11-17-35-23-14-12-21(13-15-23)26(28)30-34/h12-15,18-19,31-32,34H,2-11,16-17H2,1H3,(H2,28,30)(H,29,33). The van der Waals surface area contributed by atoms with Gasteiger partial charge in [0.05, 0.1) is 12.2 Å². The molecule has 0 aliphatic heterocycles. The Morgan fingerprint density at radius 3 is 2.06 bits per heavy atom. The number of nitrogens with one attached hydrogen (secondary N) is 1. The number of unbranched alkanes of at least 4 members (excludes halogenated alkanes) is 9. The van der Waals surface area contributed by atoms with Crippen molar-refractivity contribution in [2.24, 2.45) is 10.9 Å². The zero-order valence-corrected chi connectivity index (χ0v) is 20.6. The third-order valence-electron chi connectivity index (χ3n) is 5.91. The lowest BCUT2D eigenvalue weighted by molar-refractivity contribution is 0.0949. The van der Waals surface area contributed by atoms with E-state index in [2.05, 4.69) is 10.5 Å². The first-order chi connectivity index (χ1) is 16.9. The Hall–Kier alpha value is -3.42. The van der Waals surface area contributed by atoms with Gasteiger partial charge in [-0.05, 0) is 55.7 Å². The molecule has 0 spiro atoms. The molecule has 2 aromatic carbocycles. The fourth-order valence-corrected chi connectivity index (χ4v) is 3.95. The molecular weight excluding hydrogens is 446 g/mol. The van der Waals surface area contributed by atoms with E-state index in [-0.39, 0.29) is 28.8 Å². The van der Waals surface area contributed by atoms with E-state index in [0.29, 0.717) is 24.3 Å². The fourth-order valence-electron chi connectivity index (χ4n) is 3.95. The first-order valence-electron chi connectivity index (χ1n) is 12.4. The van der Waals surface area contributed by atoms with Crippen LogP contribution in [0.5, 0.6) is 17.2 Å². The summed E-state index contributed by atoms with van der Waals surface area (Å²) in [5, 5.41) is 33.8. The summed E-state index contributed by atoms with van der Waals surface area (Å²) >= 11 is 0. The molecule has 0 bridgehead atoms. The second-order valence-corrected chi connectivity index (χ2v) is 8.81. The SMILES string of the molecule is Cc1cc(O)cc(O)c1C(=O)NCCCCCCCCCCCCOc1ccc(C(N)=NO)cc1. The van der Waals surface area contributed by atoms with E-state index in [1.165, 1.54) is 44.2 Å². The normalized spacial score (nSPS) is 11.4. The Kier molecular flexibility index (Phi) is 12.3. The lowest BCUT2D eigenvalue weighted by atomic mass is 10.1. The molecule has 0 saturated carbocycles. The molecule has 8 heteroatoms. The molecule has 0 radical (unpaired) electrons. The third kappa shape index (κ3) is 10.2. The van der Waals surface area contributed by atoms with Crippen LogP contribution in [-0.2, 0) is 0 Å². The summed E-state index contributed by atoms with van der Waals surface area (Å²) in [7, 11) is 0. The lowest BCUT2D eigenvalue weighted by Gasteiger charge is -2.10. The molecule has 0 aromatic heterocycles. The number of oxime groups is 1. The molecule has 0 saturated heterocycles. The van der Waals surface area contributed by atoms with Gasteiger partial charge in [-0.3, -0.25) is 4.79 Å². The van der Waals surface area contributed by atoms with E-state index in [1.807, 2.05) is 12.1 Å². The number of hydrogen-bond acceptors (Lipinski definition) is 6. The number of phenolic OH excluding ortho intramolecular Hbond substituents is 2. The highest BCUT2D eigenvalue weighted by Crippen LogP contribution is 2.26. The van der Waals surface area contributed by atoms with Crippen LogP contribution in [0, 0.1) is 6.92 Å². The van der Waals surface area contributed by atoms with Gasteiger partial charge in [0, 0.05) is 18.2 Å².